The molecule has 2 aliphatic rings. The molecule has 0 amide bonds. The Morgan fingerprint density at radius 1 is 0.885 bits per heavy atom. The zero-order valence-electron chi connectivity index (χ0n) is 14.8. The Morgan fingerprint density at radius 2 is 1.46 bits per heavy atom. The van der Waals surface area contributed by atoms with Crippen molar-refractivity contribution >= 4 is 10.0 Å². The summed E-state index contributed by atoms with van der Waals surface area (Å²) in [5.74, 6) is 0. The van der Waals surface area contributed by atoms with Gasteiger partial charge in [-0.15, -0.1) is 0 Å². The van der Waals surface area contributed by atoms with Crippen molar-refractivity contribution in [2.75, 3.05) is 13.2 Å². The molecule has 26 heavy (non-hydrogen) atoms. The molecule has 0 aliphatic carbocycles. The van der Waals surface area contributed by atoms with Crippen molar-refractivity contribution in [1.82, 2.24) is 4.31 Å². The van der Waals surface area contributed by atoms with Crippen molar-refractivity contribution in [3.63, 3.8) is 0 Å². The van der Waals surface area contributed by atoms with Gasteiger partial charge in [0.2, 0.25) is 0 Å². The zero-order chi connectivity index (χ0) is 18.3. The van der Waals surface area contributed by atoms with Gasteiger partial charge in [0.05, 0.1) is 24.2 Å². The lowest BCUT2D eigenvalue weighted by Gasteiger charge is -2.39. The van der Waals surface area contributed by atoms with Gasteiger partial charge in [0.1, 0.15) is 0 Å². The van der Waals surface area contributed by atoms with Crippen LogP contribution >= 0.6 is 0 Å². The summed E-state index contributed by atoms with van der Waals surface area (Å²) >= 11 is 0. The topological polar surface area (TPSA) is 46.6 Å². The highest BCUT2D eigenvalue weighted by molar-refractivity contribution is 7.89. The first-order valence-corrected chi connectivity index (χ1v) is 10.1. The van der Waals surface area contributed by atoms with Crippen molar-refractivity contribution in [3.8, 4) is 0 Å². The van der Waals surface area contributed by atoms with E-state index in [1.165, 1.54) is 0 Å². The summed E-state index contributed by atoms with van der Waals surface area (Å²) in [7, 11) is -3.69. The first kappa shape index (κ1) is 17.1. The molecule has 1 saturated heterocycles. The second-order valence-electron chi connectivity index (χ2n) is 6.65. The van der Waals surface area contributed by atoms with Crippen LogP contribution in [0.15, 0.2) is 88.0 Å². The second kappa shape index (κ2) is 6.41. The Balaban J connectivity index is 1.94. The minimum atomic E-state index is -3.69. The van der Waals surface area contributed by atoms with Gasteiger partial charge in [-0.1, -0.05) is 48.5 Å². The molecule has 4 nitrogen and oxygen atoms in total. The smallest absolute Gasteiger partial charge is 0.264 e. The zero-order valence-corrected chi connectivity index (χ0v) is 15.7. The highest BCUT2D eigenvalue weighted by Crippen LogP contribution is 2.45. The lowest BCUT2D eigenvalue weighted by atomic mass is 9.89. The number of ether oxygens (including phenoxy) is 1. The van der Waals surface area contributed by atoms with E-state index in [1.54, 1.807) is 28.6 Å². The van der Waals surface area contributed by atoms with Gasteiger partial charge < -0.3 is 4.74 Å². The van der Waals surface area contributed by atoms with Crippen molar-refractivity contribution in [2.24, 2.45) is 0 Å². The maximum Gasteiger partial charge on any atom is 0.264 e. The summed E-state index contributed by atoms with van der Waals surface area (Å²) < 4.78 is 34.3. The van der Waals surface area contributed by atoms with Crippen LogP contribution in [0.1, 0.15) is 25.5 Å². The van der Waals surface area contributed by atoms with Gasteiger partial charge in [-0.2, -0.15) is 0 Å². The summed E-state index contributed by atoms with van der Waals surface area (Å²) in [6.07, 6.45) is 0. The maximum absolute atomic E-state index is 13.5. The van der Waals surface area contributed by atoms with Gasteiger partial charge in [0.15, 0.2) is 0 Å². The van der Waals surface area contributed by atoms with Gasteiger partial charge >= 0.3 is 0 Å². The number of allylic oxidation sites excluding steroid dienone is 1. The Morgan fingerprint density at radius 3 is 2.12 bits per heavy atom. The summed E-state index contributed by atoms with van der Waals surface area (Å²) in [5, 5.41) is 0. The average Bonchev–Trinajstić information content (AvgIpc) is 3.16. The van der Waals surface area contributed by atoms with Crippen molar-refractivity contribution in [1.29, 1.82) is 0 Å². The standard InChI is InChI=1S/C21H21NO3S/c1-15-19-13-25-14-20(19)16(2)22(21(15)17-9-5-3-6-10-17)26(23,24)18-11-7-4-8-12-18/h3-12,21H,13-14H2,1-2H3. The lowest BCUT2D eigenvalue weighted by molar-refractivity contribution is 0.214. The monoisotopic (exact) mass is 367 g/mol. The first-order chi connectivity index (χ1) is 12.5. The molecule has 1 fully saturated rings. The van der Waals surface area contributed by atoms with E-state index in [4.69, 9.17) is 4.74 Å². The van der Waals surface area contributed by atoms with Crippen LogP contribution in [-0.4, -0.2) is 25.9 Å². The van der Waals surface area contributed by atoms with Gasteiger partial charge in [0, 0.05) is 11.3 Å². The SMILES string of the molecule is CC1=C2COCC2=C(C)N(S(=O)(=O)c2ccccc2)C1c1ccccc1. The molecule has 1 unspecified atom stereocenters. The summed E-state index contributed by atoms with van der Waals surface area (Å²) in [4.78, 5) is 0.302. The van der Waals surface area contributed by atoms with E-state index in [0.29, 0.717) is 18.1 Å². The average molecular weight is 367 g/mol. The largest absolute Gasteiger partial charge is 0.372 e. The van der Waals surface area contributed by atoms with E-state index in [2.05, 4.69) is 0 Å². The van der Waals surface area contributed by atoms with E-state index in [-0.39, 0.29) is 6.04 Å². The molecule has 0 spiro atoms. The third-order valence-electron chi connectivity index (χ3n) is 5.16. The van der Waals surface area contributed by atoms with Gasteiger partial charge in [0.25, 0.3) is 10.0 Å². The lowest BCUT2D eigenvalue weighted by Crippen LogP contribution is -2.37. The van der Waals surface area contributed by atoms with E-state index < -0.39 is 10.0 Å². The van der Waals surface area contributed by atoms with Gasteiger partial charge in [-0.25, -0.2) is 8.42 Å². The molecule has 2 aromatic rings. The van der Waals surface area contributed by atoms with Crippen LogP contribution in [0.4, 0.5) is 0 Å². The van der Waals surface area contributed by atoms with E-state index in [9.17, 15) is 8.42 Å². The molecule has 1 atom stereocenters. The number of nitrogens with zero attached hydrogens (tertiary/aromatic N) is 1. The van der Waals surface area contributed by atoms with Crippen molar-refractivity contribution in [2.45, 2.75) is 24.8 Å². The van der Waals surface area contributed by atoms with Crippen LogP contribution in [0.5, 0.6) is 0 Å². The predicted molar refractivity (Wildman–Crippen MR) is 101 cm³/mol. The number of benzene rings is 2. The Bertz CT molecular complexity index is 992. The van der Waals surface area contributed by atoms with Crippen LogP contribution in [0.2, 0.25) is 0 Å². The second-order valence-corrected chi connectivity index (χ2v) is 8.46. The summed E-state index contributed by atoms with van der Waals surface area (Å²) in [6, 6.07) is 18.1. The molecule has 4 rings (SSSR count). The molecule has 2 heterocycles. The Hall–Kier alpha value is -2.37. The van der Waals surface area contributed by atoms with Crippen LogP contribution in [-0.2, 0) is 14.8 Å². The molecule has 0 N–H and O–H groups in total. The minimum Gasteiger partial charge on any atom is -0.372 e. The quantitative estimate of drug-likeness (QED) is 0.822. The fourth-order valence-corrected chi connectivity index (χ4v) is 5.57. The third kappa shape index (κ3) is 2.59. The molecule has 0 radical (unpaired) electrons. The molecular weight excluding hydrogens is 346 g/mol. The van der Waals surface area contributed by atoms with E-state index in [1.807, 2.05) is 50.2 Å². The molecule has 5 heteroatoms. The molecule has 134 valence electrons. The highest BCUT2D eigenvalue weighted by atomic mass is 32.2. The maximum atomic E-state index is 13.5. The predicted octanol–water partition coefficient (Wildman–Crippen LogP) is 4.05. The van der Waals surface area contributed by atoms with Crippen LogP contribution in [0.3, 0.4) is 0 Å². The van der Waals surface area contributed by atoms with Gasteiger partial charge in [-0.05, 0) is 42.7 Å². The molecule has 2 aromatic carbocycles. The van der Waals surface area contributed by atoms with Crippen molar-refractivity contribution in [3.05, 3.63) is 88.6 Å². The highest BCUT2D eigenvalue weighted by Gasteiger charge is 2.40. The Kier molecular flexibility index (Phi) is 4.21. The van der Waals surface area contributed by atoms with Crippen molar-refractivity contribution < 1.29 is 13.2 Å². The normalized spacial score (nSPS) is 20.5. The molecule has 0 aromatic heterocycles. The Labute approximate surface area is 154 Å². The number of hydrogen-bond donors (Lipinski definition) is 0. The summed E-state index contributed by atoms with van der Waals surface area (Å²) in [6.45, 7) is 4.90. The molecule has 0 saturated carbocycles. The summed E-state index contributed by atoms with van der Waals surface area (Å²) in [5.41, 5.74) is 4.88. The molecular formula is C21H21NO3S. The minimum absolute atomic E-state index is 0.302. The van der Waals surface area contributed by atoms with Crippen LogP contribution in [0, 0.1) is 0 Å². The fourth-order valence-electron chi connectivity index (χ4n) is 3.82. The van der Waals surface area contributed by atoms with E-state index in [0.717, 1.165) is 28.0 Å². The third-order valence-corrected chi connectivity index (χ3v) is 7.03. The number of sulfonamides is 1. The number of fused-ring (bicyclic) bond motifs is 1. The van der Waals surface area contributed by atoms with Crippen LogP contribution < -0.4 is 0 Å². The first-order valence-electron chi connectivity index (χ1n) is 8.64. The van der Waals surface area contributed by atoms with Gasteiger partial charge in [-0.3, -0.25) is 4.31 Å². The fraction of sp³-hybridized carbons (Fsp3) is 0.238. The molecule has 2 aliphatic heterocycles. The number of hydrogen-bond acceptors (Lipinski definition) is 3. The number of rotatable bonds is 3. The van der Waals surface area contributed by atoms with E-state index >= 15 is 0 Å². The van der Waals surface area contributed by atoms with Crippen LogP contribution in [0.25, 0.3) is 0 Å². The molecule has 0 bridgehead atoms.